The standard InChI is InChI=1S/C23H31N3O2/c1-18(25(2)15-12-23(27)26-16-13-24-14-17-26)19-8-10-20(11-9-19)21-6-4-5-7-22(21)28-3/h4-11,18,24H,12-17H2,1-3H3. The van der Waals surface area contributed by atoms with Crippen LogP contribution in [-0.2, 0) is 4.79 Å². The fraction of sp³-hybridized carbons (Fsp3) is 0.435. The van der Waals surface area contributed by atoms with E-state index in [-0.39, 0.29) is 11.9 Å². The van der Waals surface area contributed by atoms with Gasteiger partial charge in [-0.2, -0.15) is 0 Å². The lowest BCUT2D eigenvalue weighted by atomic mass is 10.00. The second-order valence-corrected chi connectivity index (χ2v) is 7.36. The molecule has 1 N–H and O–H groups in total. The second-order valence-electron chi connectivity index (χ2n) is 7.36. The SMILES string of the molecule is COc1ccccc1-c1ccc(C(C)N(C)CCC(=O)N2CCNCC2)cc1. The van der Waals surface area contributed by atoms with E-state index >= 15 is 0 Å². The Morgan fingerprint density at radius 2 is 1.82 bits per heavy atom. The van der Waals surface area contributed by atoms with Gasteiger partial charge in [-0.15, -0.1) is 0 Å². The molecule has 0 radical (unpaired) electrons. The zero-order chi connectivity index (χ0) is 19.9. The van der Waals surface area contributed by atoms with Crippen molar-refractivity contribution in [2.45, 2.75) is 19.4 Å². The number of hydrogen-bond donors (Lipinski definition) is 1. The van der Waals surface area contributed by atoms with Crippen molar-refractivity contribution in [2.75, 3.05) is 46.9 Å². The van der Waals surface area contributed by atoms with Gasteiger partial charge in [-0.3, -0.25) is 9.69 Å². The highest BCUT2D eigenvalue weighted by Crippen LogP contribution is 2.30. The summed E-state index contributed by atoms with van der Waals surface area (Å²) >= 11 is 0. The molecule has 1 aliphatic rings. The van der Waals surface area contributed by atoms with Crippen molar-refractivity contribution in [3.05, 3.63) is 54.1 Å². The van der Waals surface area contributed by atoms with Crippen molar-refractivity contribution in [3.8, 4) is 16.9 Å². The van der Waals surface area contributed by atoms with Gasteiger partial charge in [0, 0.05) is 50.7 Å². The van der Waals surface area contributed by atoms with Crippen LogP contribution in [0, 0.1) is 0 Å². The van der Waals surface area contributed by atoms with E-state index in [4.69, 9.17) is 4.74 Å². The lowest BCUT2D eigenvalue weighted by Gasteiger charge is -2.29. The van der Waals surface area contributed by atoms with E-state index < -0.39 is 0 Å². The number of carbonyl (C=O) groups is 1. The van der Waals surface area contributed by atoms with Crippen LogP contribution in [0.1, 0.15) is 24.9 Å². The van der Waals surface area contributed by atoms with Gasteiger partial charge in [-0.1, -0.05) is 42.5 Å². The van der Waals surface area contributed by atoms with Crippen LogP contribution in [0.25, 0.3) is 11.1 Å². The number of nitrogens with zero attached hydrogens (tertiary/aromatic N) is 2. The summed E-state index contributed by atoms with van der Waals surface area (Å²) in [5.41, 5.74) is 3.49. The molecule has 2 aromatic carbocycles. The van der Waals surface area contributed by atoms with Crippen LogP contribution < -0.4 is 10.1 Å². The fourth-order valence-corrected chi connectivity index (χ4v) is 3.62. The predicted molar refractivity (Wildman–Crippen MR) is 114 cm³/mol. The molecule has 150 valence electrons. The third kappa shape index (κ3) is 4.91. The van der Waals surface area contributed by atoms with Crippen LogP contribution in [0.2, 0.25) is 0 Å². The van der Waals surface area contributed by atoms with Gasteiger partial charge in [0.1, 0.15) is 5.75 Å². The monoisotopic (exact) mass is 381 g/mol. The molecular weight excluding hydrogens is 350 g/mol. The van der Waals surface area contributed by atoms with Crippen molar-refractivity contribution in [1.29, 1.82) is 0 Å². The maximum atomic E-state index is 12.4. The van der Waals surface area contributed by atoms with E-state index in [0.717, 1.165) is 49.6 Å². The molecular formula is C23H31N3O2. The number of amides is 1. The molecule has 1 atom stereocenters. The summed E-state index contributed by atoms with van der Waals surface area (Å²) in [5.74, 6) is 1.14. The number of hydrogen-bond acceptors (Lipinski definition) is 4. The molecule has 0 saturated carbocycles. The number of carbonyl (C=O) groups excluding carboxylic acids is 1. The number of methoxy groups -OCH3 is 1. The Bertz CT molecular complexity index is 770. The minimum Gasteiger partial charge on any atom is -0.496 e. The maximum Gasteiger partial charge on any atom is 0.223 e. The largest absolute Gasteiger partial charge is 0.496 e. The van der Waals surface area contributed by atoms with Crippen molar-refractivity contribution in [2.24, 2.45) is 0 Å². The summed E-state index contributed by atoms with van der Waals surface area (Å²) in [6.45, 7) is 6.39. The van der Waals surface area contributed by atoms with Crippen molar-refractivity contribution >= 4 is 5.91 Å². The summed E-state index contributed by atoms with van der Waals surface area (Å²) in [6.07, 6.45) is 0.570. The highest BCUT2D eigenvalue weighted by molar-refractivity contribution is 5.76. The van der Waals surface area contributed by atoms with E-state index in [0.29, 0.717) is 6.42 Å². The predicted octanol–water partition coefficient (Wildman–Crippen LogP) is 3.18. The third-order valence-electron chi connectivity index (χ3n) is 5.62. The minimum absolute atomic E-state index is 0.252. The van der Waals surface area contributed by atoms with Crippen molar-refractivity contribution in [3.63, 3.8) is 0 Å². The van der Waals surface area contributed by atoms with Crippen LogP contribution >= 0.6 is 0 Å². The lowest BCUT2D eigenvalue weighted by molar-refractivity contribution is -0.132. The van der Waals surface area contributed by atoms with Gasteiger partial charge >= 0.3 is 0 Å². The highest BCUT2D eigenvalue weighted by atomic mass is 16.5. The highest BCUT2D eigenvalue weighted by Gasteiger charge is 2.18. The van der Waals surface area contributed by atoms with E-state index in [1.165, 1.54) is 5.56 Å². The van der Waals surface area contributed by atoms with Crippen LogP contribution in [-0.4, -0.2) is 62.6 Å². The lowest BCUT2D eigenvalue weighted by Crippen LogP contribution is -2.47. The summed E-state index contributed by atoms with van der Waals surface area (Å²) in [4.78, 5) is 16.6. The molecule has 1 unspecified atom stereocenters. The van der Waals surface area contributed by atoms with Crippen molar-refractivity contribution in [1.82, 2.24) is 15.1 Å². The molecule has 1 amide bonds. The molecule has 5 nitrogen and oxygen atoms in total. The first kappa shape index (κ1) is 20.4. The molecule has 28 heavy (non-hydrogen) atoms. The van der Waals surface area contributed by atoms with Gasteiger partial charge in [0.25, 0.3) is 0 Å². The van der Waals surface area contributed by atoms with Gasteiger partial charge in [-0.25, -0.2) is 0 Å². The summed E-state index contributed by atoms with van der Waals surface area (Å²) < 4.78 is 5.47. The Morgan fingerprint density at radius 3 is 2.50 bits per heavy atom. The molecule has 0 aromatic heterocycles. The van der Waals surface area contributed by atoms with Gasteiger partial charge in [0.15, 0.2) is 0 Å². The molecule has 1 heterocycles. The average Bonchev–Trinajstić information content (AvgIpc) is 2.77. The number of ether oxygens (including phenoxy) is 1. The van der Waals surface area contributed by atoms with Crippen LogP contribution in [0.15, 0.2) is 48.5 Å². The zero-order valence-corrected chi connectivity index (χ0v) is 17.1. The normalized spacial score (nSPS) is 15.5. The topological polar surface area (TPSA) is 44.8 Å². The smallest absolute Gasteiger partial charge is 0.223 e. The van der Waals surface area contributed by atoms with Gasteiger partial charge < -0.3 is 15.0 Å². The first-order valence-corrected chi connectivity index (χ1v) is 10.0. The molecule has 0 aliphatic carbocycles. The molecule has 0 spiro atoms. The zero-order valence-electron chi connectivity index (χ0n) is 17.1. The van der Waals surface area contributed by atoms with Gasteiger partial charge in [0.05, 0.1) is 7.11 Å². The van der Waals surface area contributed by atoms with E-state index in [2.05, 4.69) is 54.5 Å². The fourth-order valence-electron chi connectivity index (χ4n) is 3.62. The summed E-state index contributed by atoms with van der Waals surface area (Å²) in [7, 11) is 3.79. The van der Waals surface area contributed by atoms with E-state index in [1.807, 2.05) is 23.1 Å². The third-order valence-corrected chi connectivity index (χ3v) is 5.62. The van der Waals surface area contributed by atoms with Gasteiger partial charge in [-0.05, 0) is 31.2 Å². The molecule has 5 heteroatoms. The number of benzene rings is 2. The second kappa shape index (κ2) is 9.71. The van der Waals surface area contributed by atoms with Gasteiger partial charge in [0.2, 0.25) is 5.91 Å². The molecule has 0 bridgehead atoms. The Hall–Kier alpha value is -2.37. The minimum atomic E-state index is 0.252. The molecule has 1 saturated heterocycles. The summed E-state index contributed by atoms with van der Waals surface area (Å²) in [6, 6.07) is 16.9. The van der Waals surface area contributed by atoms with Crippen LogP contribution in [0.3, 0.4) is 0 Å². The Balaban J connectivity index is 1.59. The number of rotatable bonds is 7. The van der Waals surface area contributed by atoms with E-state index in [1.54, 1.807) is 7.11 Å². The first-order valence-electron chi connectivity index (χ1n) is 10.0. The Labute approximate surface area is 168 Å². The maximum absolute atomic E-state index is 12.4. The average molecular weight is 382 g/mol. The number of piperazine rings is 1. The van der Waals surface area contributed by atoms with Crippen LogP contribution in [0.4, 0.5) is 0 Å². The number of para-hydroxylation sites is 1. The van der Waals surface area contributed by atoms with Crippen molar-refractivity contribution < 1.29 is 9.53 Å². The quantitative estimate of drug-likeness (QED) is 0.800. The Kier molecular flexibility index (Phi) is 7.06. The first-order chi connectivity index (χ1) is 13.6. The number of nitrogens with one attached hydrogen (secondary N) is 1. The molecule has 1 fully saturated rings. The van der Waals surface area contributed by atoms with Crippen LogP contribution in [0.5, 0.6) is 5.75 Å². The van der Waals surface area contributed by atoms with E-state index in [9.17, 15) is 4.79 Å². The summed E-state index contributed by atoms with van der Waals surface area (Å²) in [5, 5.41) is 3.29. The molecule has 1 aliphatic heterocycles. The molecule has 3 rings (SSSR count). The molecule has 2 aromatic rings. The Morgan fingerprint density at radius 1 is 1.14 bits per heavy atom.